The van der Waals surface area contributed by atoms with Crippen molar-refractivity contribution in [1.82, 2.24) is 4.98 Å². The number of benzene rings is 1. The number of carboxylic acid groups (broad SMARTS) is 1. The highest BCUT2D eigenvalue weighted by atomic mass is 16.6. The van der Waals surface area contributed by atoms with Gasteiger partial charge in [-0.1, -0.05) is 0 Å². The number of fused-ring (bicyclic) bond motifs is 1. The van der Waals surface area contributed by atoms with Crippen molar-refractivity contribution in [2.24, 2.45) is 0 Å². The predicted octanol–water partition coefficient (Wildman–Crippen LogP) is 1.61. The van der Waals surface area contributed by atoms with Gasteiger partial charge < -0.3 is 19.7 Å². The zero-order chi connectivity index (χ0) is 15.0. The fraction of sp³-hybridized carbons (Fsp3) is 0.308. The minimum atomic E-state index is -1.14. The van der Waals surface area contributed by atoms with E-state index in [1.807, 2.05) is 4.90 Å². The van der Waals surface area contributed by atoms with E-state index < -0.39 is 10.9 Å². The molecular weight excluding hydrogens is 278 g/mol. The van der Waals surface area contributed by atoms with Gasteiger partial charge in [0.2, 0.25) is 0 Å². The molecule has 0 spiro atoms. The summed E-state index contributed by atoms with van der Waals surface area (Å²) in [7, 11) is 0. The second-order valence-electron chi connectivity index (χ2n) is 4.74. The molecule has 1 aliphatic heterocycles. The molecule has 8 heteroatoms. The first kappa shape index (κ1) is 13.4. The largest absolute Gasteiger partial charge is 0.477 e. The number of H-pyrrole nitrogens is 1. The lowest BCUT2D eigenvalue weighted by Gasteiger charge is -2.29. The van der Waals surface area contributed by atoms with Crippen LogP contribution in [0.3, 0.4) is 0 Å². The summed E-state index contributed by atoms with van der Waals surface area (Å²) in [5.41, 5.74) is 0.826. The van der Waals surface area contributed by atoms with Gasteiger partial charge in [0.1, 0.15) is 11.2 Å². The highest BCUT2D eigenvalue weighted by Gasteiger charge is 2.22. The standard InChI is InChI=1S/C13H13N3O5/c17-13(18)9-7-8-10(15-3-5-21-6-4-15)1-2-11(16(19)20)12(8)14-9/h1-2,7,14H,3-6H2,(H,17,18). The molecule has 0 aliphatic carbocycles. The smallest absolute Gasteiger partial charge is 0.352 e. The number of rotatable bonds is 3. The molecule has 8 nitrogen and oxygen atoms in total. The fourth-order valence-electron chi connectivity index (χ4n) is 2.54. The number of aromatic nitrogens is 1. The first-order chi connectivity index (χ1) is 10.1. The Morgan fingerprint density at radius 3 is 2.71 bits per heavy atom. The number of nitro groups is 1. The molecule has 2 aromatic rings. The first-order valence-electron chi connectivity index (χ1n) is 6.44. The second kappa shape index (κ2) is 5.06. The molecule has 0 radical (unpaired) electrons. The Kier molecular flexibility index (Phi) is 3.22. The summed E-state index contributed by atoms with van der Waals surface area (Å²) in [5, 5.41) is 20.7. The molecule has 1 aromatic heterocycles. The average molecular weight is 291 g/mol. The van der Waals surface area contributed by atoms with Gasteiger partial charge in [0, 0.05) is 30.2 Å². The van der Waals surface area contributed by atoms with Crippen LogP contribution in [0, 0.1) is 10.1 Å². The molecule has 2 N–H and O–H groups in total. The van der Waals surface area contributed by atoms with E-state index in [0.717, 1.165) is 5.69 Å². The van der Waals surface area contributed by atoms with Crippen molar-refractivity contribution in [2.75, 3.05) is 31.2 Å². The summed E-state index contributed by atoms with van der Waals surface area (Å²) in [6.45, 7) is 2.49. The summed E-state index contributed by atoms with van der Waals surface area (Å²) >= 11 is 0. The highest BCUT2D eigenvalue weighted by molar-refractivity contribution is 6.03. The normalized spacial score (nSPS) is 15.3. The molecule has 21 heavy (non-hydrogen) atoms. The van der Waals surface area contributed by atoms with Crippen molar-refractivity contribution < 1.29 is 19.6 Å². The third-order valence-electron chi connectivity index (χ3n) is 3.53. The van der Waals surface area contributed by atoms with E-state index in [9.17, 15) is 14.9 Å². The van der Waals surface area contributed by atoms with Crippen LogP contribution in [0.25, 0.3) is 10.9 Å². The Labute approximate surface area is 119 Å². The number of nitrogens with one attached hydrogen (secondary N) is 1. The van der Waals surface area contributed by atoms with E-state index in [4.69, 9.17) is 9.84 Å². The monoisotopic (exact) mass is 291 g/mol. The lowest BCUT2D eigenvalue weighted by atomic mass is 10.1. The van der Waals surface area contributed by atoms with Gasteiger partial charge in [0.15, 0.2) is 0 Å². The lowest BCUT2D eigenvalue weighted by Crippen LogP contribution is -2.36. The topological polar surface area (TPSA) is 109 Å². The van der Waals surface area contributed by atoms with E-state index in [0.29, 0.717) is 31.7 Å². The van der Waals surface area contributed by atoms with Crippen LogP contribution < -0.4 is 4.90 Å². The van der Waals surface area contributed by atoms with E-state index in [2.05, 4.69) is 4.98 Å². The van der Waals surface area contributed by atoms with Crippen LogP contribution in [-0.2, 0) is 4.74 Å². The van der Waals surface area contributed by atoms with Gasteiger partial charge in [-0.15, -0.1) is 0 Å². The number of nitrogens with zero attached hydrogens (tertiary/aromatic N) is 2. The van der Waals surface area contributed by atoms with E-state index in [1.54, 1.807) is 6.07 Å². The van der Waals surface area contributed by atoms with Gasteiger partial charge in [-0.05, 0) is 12.1 Å². The van der Waals surface area contributed by atoms with Crippen molar-refractivity contribution in [3.05, 3.63) is 34.0 Å². The summed E-state index contributed by atoms with van der Waals surface area (Å²) in [4.78, 5) is 26.3. The van der Waals surface area contributed by atoms with Crippen molar-refractivity contribution in [3.63, 3.8) is 0 Å². The number of non-ortho nitro benzene ring substituents is 1. The highest BCUT2D eigenvalue weighted by Crippen LogP contribution is 2.34. The molecule has 1 aliphatic rings. The molecule has 0 atom stereocenters. The maximum Gasteiger partial charge on any atom is 0.352 e. The third kappa shape index (κ3) is 2.29. The molecule has 0 amide bonds. The minimum absolute atomic E-state index is 0.0613. The number of hydrogen-bond donors (Lipinski definition) is 2. The number of carboxylic acids is 1. The first-order valence-corrected chi connectivity index (χ1v) is 6.44. The summed E-state index contributed by atoms with van der Waals surface area (Å²) in [6, 6.07) is 4.50. The third-order valence-corrected chi connectivity index (χ3v) is 3.53. The van der Waals surface area contributed by atoms with Crippen molar-refractivity contribution >= 4 is 28.2 Å². The minimum Gasteiger partial charge on any atom is -0.477 e. The zero-order valence-electron chi connectivity index (χ0n) is 11.0. The quantitative estimate of drug-likeness (QED) is 0.657. The van der Waals surface area contributed by atoms with Crippen LogP contribution in [0.2, 0.25) is 0 Å². The molecule has 1 fully saturated rings. The average Bonchev–Trinajstić information content (AvgIpc) is 2.92. The van der Waals surface area contributed by atoms with Gasteiger partial charge >= 0.3 is 5.97 Å². The number of aromatic amines is 1. The van der Waals surface area contributed by atoms with Crippen molar-refractivity contribution in [2.45, 2.75) is 0 Å². The molecule has 3 rings (SSSR count). The van der Waals surface area contributed by atoms with E-state index in [1.165, 1.54) is 12.1 Å². The number of carbonyl (C=O) groups is 1. The number of hydrogen-bond acceptors (Lipinski definition) is 5. The van der Waals surface area contributed by atoms with Crippen LogP contribution in [-0.4, -0.2) is 47.3 Å². The maximum atomic E-state index is 11.1. The van der Waals surface area contributed by atoms with Crippen LogP contribution in [0.5, 0.6) is 0 Å². The molecule has 0 unspecified atom stereocenters. The number of morpholine rings is 1. The Morgan fingerprint density at radius 1 is 1.38 bits per heavy atom. The number of nitro benzene ring substituents is 1. The molecule has 2 heterocycles. The molecule has 1 aromatic carbocycles. The van der Waals surface area contributed by atoms with Gasteiger partial charge in [-0.3, -0.25) is 10.1 Å². The van der Waals surface area contributed by atoms with Gasteiger partial charge in [-0.2, -0.15) is 0 Å². The van der Waals surface area contributed by atoms with Crippen LogP contribution >= 0.6 is 0 Å². The van der Waals surface area contributed by atoms with Crippen LogP contribution in [0.4, 0.5) is 11.4 Å². The molecule has 110 valence electrons. The van der Waals surface area contributed by atoms with E-state index in [-0.39, 0.29) is 16.9 Å². The number of aromatic carboxylic acids is 1. The Hall–Kier alpha value is -2.61. The van der Waals surface area contributed by atoms with Crippen LogP contribution in [0.15, 0.2) is 18.2 Å². The van der Waals surface area contributed by atoms with Gasteiger partial charge in [0.25, 0.3) is 5.69 Å². The SMILES string of the molecule is O=C(O)c1cc2c(N3CCOCC3)ccc([N+](=O)[O-])c2[nH]1. The predicted molar refractivity (Wildman–Crippen MR) is 74.9 cm³/mol. The van der Waals surface area contributed by atoms with Gasteiger partial charge in [-0.25, -0.2) is 4.79 Å². The Bertz CT molecular complexity index is 718. The van der Waals surface area contributed by atoms with Gasteiger partial charge in [0.05, 0.1) is 18.1 Å². The summed E-state index contributed by atoms with van der Waals surface area (Å²) < 4.78 is 5.29. The van der Waals surface area contributed by atoms with Crippen LogP contribution in [0.1, 0.15) is 10.5 Å². The number of anilines is 1. The molecule has 0 bridgehead atoms. The fourth-order valence-corrected chi connectivity index (χ4v) is 2.54. The van der Waals surface area contributed by atoms with Crippen molar-refractivity contribution in [1.29, 1.82) is 0 Å². The second-order valence-corrected chi connectivity index (χ2v) is 4.74. The Balaban J connectivity index is 2.19. The molecule has 1 saturated heterocycles. The summed E-state index contributed by atoms with van der Waals surface area (Å²) in [6.07, 6.45) is 0. The lowest BCUT2D eigenvalue weighted by molar-refractivity contribution is -0.383. The maximum absolute atomic E-state index is 11.1. The van der Waals surface area contributed by atoms with E-state index >= 15 is 0 Å². The Morgan fingerprint density at radius 2 is 2.10 bits per heavy atom. The summed E-state index contributed by atoms with van der Waals surface area (Å²) in [5.74, 6) is -1.14. The molecule has 0 saturated carbocycles. The number of ether oxygens (including phenoxy) is 1. The zero-order valence-corrected chi connectivity index (χ0v) is 11.0. The van der Waals surface area contributed by atoms with Crippen molar-refractivity contribution in [3.8, 4) is 0 Å². The molecular formula is C13H13N3O5.